The topological polar surface area (TPSA) is 62.3 Å². The average molecular weight is 428 g/mol. The van der Waals surface area contributed by atoms with Gasteiger partial charge in [-0.3, -0.25) is 14.6 Å². The summed E-state index contributed by atoms with van der Waals surface area (Å²) in [6.45, 7) is 5.68. The van der Waals surface area contributed by atoms with Crippen molar-refractivity contribution in [1.29, 1.82) is 0 Å². The molecule has 0 unspecified atom stereocenters. The SMILES string of the molecule is CCCc1c(C(C)=O)ncc(NC(=O)C2CCCCCCCCC2)c1N1CCCCC1. The van der Waals surface area contributed by atoms with Crippen LogP contribution in [0.4, 0.5) is 11.4 Å². The van der Waals surface area contributed by atoms with E-state index in [2.05, 4.69) is 22.1 Å². The molecule has 5 nitrogen and oxygen atoms in total. The summed E-state index contributed by atoms with van der Waals surface area (Å²) in [5, 5.41) is 3.27. The number of rotatable bonds is 6. The van der Waals surface area contributed by atoms with Gasteiger partial charge in [-0.25, -0.2) is 0 Å². The maximum Gasteiger partial charge on any atom is 0.227 e. The molecule has 2 fully saturated rings. The van der Waals surface area contributed by atoms with Gasteiger partial charge >= 0.3 is 0 Å². The number of aromatic nitrogens is 1. The van der Waals surface area contributed by atoms with Crippen molar-refractivity contribution in [2.24, 2.45) is 5.92 Å². The lowest BCUT2D eigenvalue weighted by atomic mass is 9.91. The van der Waals surface area contributed by atoms with E-state index in [1.165, 1.54) is 38.5 Å². The van der Waals surface area contributed by atoms with Gasteiger partial charge in [0.05, 0.1) is 17.6 Å². The largest absolute Gasteiger partial charge is 0.370 e. The monoisotopic (exact) mass is 427 g/mol. The van der Waals surface area contributed by atoms with E-state index in [4.69, 9.17) is 0 Å². The number of nitrogens with one attached hydrogen (secondary N) is 1. The lowest BCUT2D eigenvalue weighted by Gasteiger charge is -2.33. The molecule has 5 heteroatoms. The van der Waals surface area contributed by atoms with Crippen LogP contribution in [0.15, 0.2) is 6.20 Å². The van der Waals surface area contributed by atoms with Gasteiger partial charge in [0.1, 0.15) is 5.69 Å². The predicted octanol–water partition coefficient (Wildman–Crippen LogP) is 6.31. The van der Waals surface area contributed by atoms with E-state index in [1.807, 2.05) is 0 Å². The second kappa shape index (κ2) is 12.2. The van der Waals surface area contributed by atoms with Crippen LogP contribution < -0.4 is 10.2 Å². The smallest absolute Gasteiger partial charge is 0.227 e. The molecule has 1 N–H and O–H groups in total. The summed E-state index contributed by atoms with van der Waals surface area (Å²) in [5.74, 6) is 0.222. The molecule has 31 heavy (non-hydrogen) atoms. The van der Waals surface area contributed by atoms with Crippen LogP contribution in [0.25, 0.3) is 0 Å². The van der Waals surface area contributed by atoms with Crippen LogP contribution in [-0.4, -0.2) is 29.8 Å². The van der Waals surface area contributed by atoms with E-state index < -0.39 is 0 Å². The third kappa shape index (κ3) is 6.54. The summed E-state index contributed by atoms with van der Waals surface area (Å²) >= 11 is 0. The van der Waals surface area contributed by atoms with Crippen molar-refractivity contribution in [3.05, 3.63) is 17.5 Å². The molecule has 1 aliphatic carbocycles. The molecule has 172 valence electrons. The number of carbonyl (C=O) groups is 2. The number of amides is 1. The molecule has 1 aromatic heterocycles. The third-order valence-corrected chi connectivity index (χ3v) is 6.89. The molecule has 2 aliphatic rings. The maximum atomic E-state index is 13.3. The number of Topliss-reactive ketones (excluding diaryl/α,β-unsaturated/α-hetero) is 1. The summed E-state index contributed by atoms with van der Waals surface area (Å²) in [5.41, 5.74) is 3.44. The zero-order valence-electron chi connectivity index (χ0n) is 19.7. The first-order valence-electron chi connectivity index (χ1n) is 12.7. The molecule has 0 atom stereocenters. The lowest BCUT2D eigenvalue weighted by Crippen LogP contribution is -2.33. The van der Waals surface area contributed by atoms with Crippen LogP contribution in [0.2, 0.25) is 0 Å². The molecule has 1 aliphatic heterocycles. The van der Waals surface area contributed by atoms with Gasteiger partial charge in [0.25, 0.3) is 0 Å². The van der Waals surface area contributed by atoms with Gasteiger partial charge in [-0.05, 0) is 38.5 Å². The fraction of sp³-hybridized carbons (Fsp3) is 0.731. The second-order valence-corrected chi connectivity index (χ2v) is 9.44. The highest BCUT2D eigenvalue weighted by molar-refractivity contribution is 6.00. The van der Waals surface area contributed by atoms with E-state index in [0.29, 0.717) is 5.69 Å². The van der Waals surface area contributed by atoms with Crippen molar-refractivity contribution in [3.8, 4) is 0 Å². The summed E-state index contributed by atoms with van der Waals surface area (Å²) in [4.78, 5) is 32.6. The molecule has 1 saturated carbocycles. The minimum absolute atomic E-state index is 0.00641. The zero-order chi connectivity index (χ0) is 22.1. The lowest BCUT2D eigenvalue weighted by molar-refractivity contribution is -0.120. The molecule has 1 saturated heterocycles. The molecule has 0 aromatic carbocycles. The number of nitrogens with zero attached hydrogens (tertiary/aromatic N) is 2. The Labute approximate surface area is 188 Å². The Morgan fingerprint density at radius 3 is 2.13 bits per heavy atom. The molecule has 1 aromatic rings. The fourth-order valence-corrected chi connectivity index (χ4v) is 5.21. The van der Waals surface area contributed by atoms with Gasteiger partial charge in [0.2, 0.25) is 5.91 Å². The van der Waals surface area contributed by atoms with Crippen LogP contribution in [0.3, 0.4) is 0 Å². The van der Waals surface area contributed by atoms with Crippen LogP contribution in [0, 0.1) is 5.92 Å². The minimum atomic E-state index is 0.00641. The van der Waals surface area contributed by atoms with Crippen molar-refractivity contribution in [1.82, 2.24) is 4.98 Å². The molecule has 0 bridgehead atoms. The van der Waals surface area contributed by atoms with Crippen LogP contribution in [0.1, 0.15) is 113 Å². The molecule has 0 spiro atoms. The Morgan fingerprint density at radius 1 is 0.968 bits per heavy atom. The second-order valence-electron chi connectivity index (χ2n) is 9.44. The number of ketones is 1. The number of hydrogen-bond donors (Lipinski definition) is 1. The van der Waals surface area contributed by atoms with E-state index in [1.54, 1.807) is 13.1 Å². The number of carbonyl (C=O) groups excluding carboxylic acids is 2. The summed E-state index contributed by atoms with van der Waals surface area (Å²) in [6.07, 6.45) is 17.7. The first-order valence-corrected chi connectivity index (χ1v) is 12.7. The van der Waals surface area contributed by atoms with Crippen molar-refractivity contribution >= 4 is 23.1 Å². The Morgan fingerprint density at radius 2 is 1.55 bits per heavy atom. The molecule has 2 heterocycles. The highest BCUT2D eigenvalue weighted by Crippen LogP contribution is 2.35. The van der Waals surface area contributed by atoms with Crippen molar-refractivity contribution in [3.63, 3.8) is 0 Å². The normalized spacial score (nSPS) is 19.1. The van der Waals surface area contributed by atoms with Crippen LogP contribution in [-0.2, 0) is 11.2 Å². The quantitative estimate of drug-likeness (QED) is 0.541. The fourth-order valence-electron chi connectivity index (χ4n) is 5.21. The molecule has 3 rings (SSSR count). The average Bonchev–Trinajstić information content (AvgIpc) is 2.78. The Bertz CT molecular complexity index is 730. The summed E-state index contributed by atoms with van der Waals surface area (Å²) < 4.78 is 0. The summed E-state index contributed by atoms with van der Waals surface area (Å²) in [7, 11) is 0. The number of piperidine rings is 1. The van der Waals surface area contributed by atoms with Crippen molar-refractivity contribution in [2.45, 2.75) is 104 Å². The minimum Gasteiger partial charge on any atom is -0.370 e. The first kappa shape index (κ1) is 23.7. The van der Waals surface area contributed by atoms with E-state index in [9.17, 15) is 9.59 Å². The molecule has 0 radical (unpaired) electrons. The van der Waals surface area contributed by atoms with Gasteiger partial charge in [0.15, 0.2) is 5.78 Å². The van der Waals surface area contributed by atoms with Gasteiger partial charge in [-0.1, -0.05) is 58.3 Å². The van der Waals surface area contributed by atoms with Gasteiger partial charge in [-0.15, -0.1) is 0 Å². The highest BCUT2D eigenvalue weighted by atomic mass is 16.2. The van der Waals surface area contributed by atoms with Crippen molar-refractivity contribution < 1.29 is 9.59 Å². The molecular weight excluding hydrogens is 386 g/mol. The van der Waals surface area contributed by atoms with Crippen LogP contribution in [0.5, 0.6) is 0 Å². The molecule has 1 amide bonds. The van der Waals surface area contributed by atoms with E-state index >= 15 is 0 Å². The Kier molecular flexibility index (Phi) is 9.35. The van der Waals surface area contributed by atoms with E-state index in [-0.39, 0.29) is 17.6 Å². The van der Waals surface area contributed by atoms with Gasteiger partial charge < -0.3 is 10.2 Å². The van der Waals surface area contributed by atoms with E-state index in [0.717, 1.165) is 81.4 Å². The highest BCUT2D eigenvalue weighted by Gasteiger charge is 2.26. The van der Waals surface area contributed by atoms with Gasteiger partial charge in [-0.2, -0.15) is 0 Å². The van der Waals surface area contributed by atoms with Gasteiger partial charge in [0, 0.05) is 31.5 Å². The Hall–Kier alpha value is -1.91. The molecular formula is C26H41N3O2. The third-order valence-electron chi connectivity index (χ3n) is 6.89. The first-order chi connectivity index (χ1) is 15.1. The standard InChI is InChI=1S/C26H41N3O2/c1-3-14-22-24(20(2)30)27-19-23(25(22)29-17-12-9-13-18-29)28-26(31)21-15-10-7-5-4-6-8-11-16-21/h19,21H,3-18H2,1-2H3,(H,28,31). The Balaban J connectivity index is 1.88. The number of hydrogen-bond acceptors (Lipinski definition) is 4. The maximum absolute atomic E-state index is 13.3. The number of anilines is 2. The van der Waals surface area contributed by atoms with Crippen molar-refractivity contribution in [2.75, 3.05) is 23.3 Å². The predicted molar refractivity (Wildman–Crippen MR) is 128 cm³/mol. The van der Waals surface area contributed by atoms with Crippen LogP contribution >= 0.6 is 0 Å². The zero-order valence-corrected chi connectivity index (χ0v) is 19.7. The number of pyridine rings is 1. The summed E-state index contributed by atoms with van der Waals surface area (Å²) in [6, 6.07) is 0.